The standard InChI is InChI=1S/C37H42N4O3S3/c1-2-45-37(39-23-27-18-20-38-21-19-27)47-31-25-46-36-33(40-32(42)22-26-12-6-3-7-13-26)35(43)41(36)30(31)24-44-34(28-14-8-4-9-15-28)29-16-10-5-11-17-29/h2-6,8-10,12,14,16,18-21,28,30-31,33-34,36H,1,7,11,13,15,17,22-25H2,(H,40,42)/t28-,30+,31?,33?,34?,36?/m0/s1. The summed E-state index contributed by atoms with van der Waals surface area (Å²) in [7, 11) is 0. The van der Waals surface area contributed by atoms with Crippen molar-refractivity contribution in [1.82, 2.24) is 15.2 Å². The van der Waals surface area contributed by atoms with Gasteiger partial charge in [0.1, 0.15) is 15.8 Å². The molecule has 2 amide bonds. The predicted octanol–water partition coefficient (Wildman–Crippen LogP) is 7.15. The van der Waals surface area contributed by atoms with Crippen LogP contribution in [0.4, 0.5) is 0 Å². The van der Waals surface area contributed by atoms with Crippen LogP contribution in [-0.4, -0.2) is 67.2 Å². The fraction of sp³-hybridized carbons (Fsp3) is 0.405. The number of nitrogens with zero attached hydrogens (tertiary/aromatic N) is 3. The number of fused-ring (bicyclic) bond motifs is 1. The minimum absolute atomic E-state index is 0.0317. The highest BCUT2D eigenvalue weighted by atomic mass is 32.2. The van der Waals surface area contributed by atoms with E-state index >= 15 is 0 Å². The zero-order valence-electron chi connectivity index (χ0n) is 26.5. The maximum Gasteiger partial charge on any atom is 0.249 e. The van der Waals surface area contributed by atoms with Crippen LogP contribution in [0, 0.1) is 5.92 Å². The molecule has 1 aromatic rings. The van der Waals surface area contributed by atoms with Crippen molar-refractivity contribution in [2.45, 2.75) is 73.9 Å². The number of aromatic nitrogens is 1. The first-order valence-electron chi connectivity index (χ1n) is 16.4. The number of aliphatic imine (C=N–C) groups is 1. The van der Waals surface area contributed by atoms with Crippen LogP contribution in [-0.2, 0) is 20.9 Å². The van der Waals surface area contributed by atoms with E-state index < -0.39 is 6.04 Å². The molecule has 2 aliphatic heterocycles. The number of pyridine rings is 1. The zero-order valence-corrected chi connectivity index (χ0v) is 28.9. The second-order valence-electron chi connectivity index (χ2n) is 12.1. The fourth-order valence-electron chi connectivity index (χ4n) is 6.50. The van der Waals surface area contributed by atoms with E-state index in [4.69, 9.17) is 9.73 Å². The highest BCUT2D eigenvalue weighted by Crippen LogP contribution is 2.44. The lowest BCUT2D eigenvalue weighted by molar-refractivity contribution is -0.155. The smallest absolute Gasteiger partial charge is 0.249 e. The van der Waals surface area contributed by atoms with Crippen molar-refractivity contribution in [2.75, 3.05) is 12.4 Å². The Morgan fingerprint density at radius 1 is 1.15 bits per heavy atom. The summed E-state index contributed by atoms with van der Waals surface area (Å²) in [5.74, 6) is 0.936. The lowest BCUT2D eigenvalue weighted by Crippen LogP contribution is -2.75. The number of hydrogen-bond donors (Lipinski definition) is 1. The van der Waals surface area contributed by atoms with E-state index in [9.17, 15) is 9.59 Å². The molecular weight excluding hydrogens is 645 g/mol. The lowest BCUT2D eigenvalue weighted by Gasteiger charge is -2.55. The Kier molecular flexibility index (Phi) is 12.1. The predicted molar refractivity (Wildman–Crippen MR) is 197 cm³/mol. The molecular formula is C37H42N4O3S3. The van der Waals surface area contributed by atoms with Crippen LogP contribution in [0.2, 0.25) is 0 Å². The molecule has 5 aliphatic rings. The monoisotopic (exact) mass is 686 g/mol. The van der Waals surface area contributed by atoms with Crippen molar-refractivity contribution in [2.24, 2.45) is 10.9 Å². The highest BCUT2D eigenvalue weighted by Gasteiger charge is 2.56. The number of allylic oxidation sites excluding steroid dienone is 9. The molecule has 6 atom stereocenters. The number of carbonyl (C=O) groups is 2. The van der Waals surface area contributed by atoms with Crippen LogP contribution in [0.1, 0.15) is 44.1 Å². The lowest BCUT2D eigenvalue weighted by atomic mass is 9.86. The van der Waals surface area contributed by atoms with Gasteiger partial charge in [-0.1, -0.05) is 96.4 Å². The summed E-state index contributed by atoms with van der Waals surface area (Å²) in [4.78, 5) is 37.9. The Labute approximate surface area is 290 Å². The third kappa shape index (κ3) is 8.71. The van der Waals surface area contributed by atoms with Gasteiger partial charge in [0.05, 0.1) is 25.3 Å². The van der Waals surface area contributed by atoms with Crippen LogP contribution in [0.25, 0.3) is 0 Å². The molecule has 0 aromatic carbocycles. The van der Waals surface area contributed by atoms with Crippen molar-refractivity contribution in [1.29, 1.82) is 0 Å². The van der Waals surface area contributed by atoms with Gasteiger partial charge in [0.25, 0.3) is 0 Å². The third-order valence-corrected chi connectivity index (χ3v) is 12.7. The van der Waals surface area contributed by atoms with Crippen molar-refractivity contribution in [3.63, 3.8) is 0 Å². The minimum Gasteiger partial charge on any atom is -0.371 e. The average Bonchev–Trinajstić information content (AvgIpc) is 3.12. The van der Waals surface area contributed by atoms with Crippen LogP contribution in [0.3, 0.4) is 0 Å². The second kappa shape index (κ2) is 16.9. The van der Waals surface area contributed by atoms with Gasteiger partial charge < -0.3 is 15.0 Å². The molecule has 4 unspecified atom stereocenters. The molecule has 10 heteroatoms. The van der Waals surface area contributed by atoms with Gasteiger partial charge in [-0.15, -0.1) is 11.8 Å². The first kappa shape index (κ1) is 33.8. The SMILES string of the molecule is C=CSC(=NCc1ccncc1)SC1CSC2C(NC(=O)CC3=CC=CCC3)C(=O)N2[C@@H]1COC(C1=CC=CCC1)[C@H]1C=CC=CC1. The summed E-state index contributed by atoms with van der Waals surface area (Å²) in [6.07, 6.45) is 29.9. The summed E-state index contributed by atoms with van der Waals surface area (Å²) in [5, 5.41) is 4.82. The van der Waals surface area contributed by atoms with Crippen LogP contribution in [0.15, 0.2) is 113 Å². The number of nitrogens with one attached hydrogen (secondary N) is 1. The summed E-state index contributed by atoms with van der Waals surface area (Å²) < 4.78 is 7.81. The molecule has 1 N–H and O–H groups in total. The molecule has 2 fully saturated rings. The van der Waals surface area contributed by atoms with Gasteiger partial charge in [-0.3, -0.25) is 19.6 Å². The van der Waals surface area contributed by atoms with Gasteiger partial charge in [0, 0.05) is 35.7 Å². The fourth-order valence-corrected chi connectivity index (χ4v) is 10.3. The quantitative estimate of drug-likeness (QED) is 0.142. The first-order chi connectivity index (χ1) is 23.1. The zero-order chi connectivity index (χ0) is 32.4. The first-order valence-corrected chi connectivity index (χ1v) is 19.2. The summed E-state index contributed by atoms with van der Waals surface area (Å²) in [5.41, 5.74) is 3.50. The maximum atomic E-state index is 13.9. The normalized spacial score (nSPS) is 27.4. The van der Waals surface area contributed by atoms with E-state index in [0.717, 1.165) is 53.4 Å². The molecule has 0 spiro atoms. The third-order valence-electron chi connectivity index (χ3n) is 8.94. The Hall–Kier alpha value is -3.05. The molecule has 2 saturated heterocycles. The topological polar surface area (TPSA) is 83.9 Å². The van der Waals surface area contributed by atoms with Crippen molar-refractivity contribution >= 4 is 51.5 Å². The van der Waals surface area contributed by atoms with Crippen molar-refractivity contribution in [3.05, 3.63) is 114 Å². The number of rotatable bonds is 12. The van der Waals surface area contributed by atoms with Gasteiger partial charge in [-0.2, -0.15) is 0 Å². The van der Waals surface area contributed by atoms with Gasteiger partial charge in [-0.05, 0) is 60.8 Å². The number of ether oxygens (including phenoxy) is 1. The van der Waals surface area contributed by atoms with E-state index in [1.807, 2.05) is 34.6 Å². The number of β-lactam (4-membered cyclic amide) rings is 1. The van der Waals surface area contributed by atoms with Crippen LogP contribution < -0.4 is 5.32 Å². The molecule has 0 bridgehead atoms. The second-order valence-corrected chi connectivity index (χ2v) is 15.7. The molecule has 0 saturated carbocycles. The van der Waals surface area contributed by atoms with Crippen LogP contribution >= 0.6 is 35.3 Å². The summed E-state index contributed by atoms with van der Waals surface area (Å²) >= 11 is 4.95. The Morgan fingerprint density at radius 2 is 1.98 bits per heavy atom. The van der Waals surface area contributed by atoms with E-state index in [1.54, 1.807) is 35.9 Å². The highest BCUT2D eigenvalue weighted by molar-refractivity contribution is 8.40. The maximum absolute atomic E-state index is 13.9. The summed E-state index contributed by atoms with van der Waals surface area (Å²) in [6, 6.07) is 3.26. The van der Waals surface area contributed by atoms with Crippen molar-refractivity contribution in [3.8, 4) is 0 Å². The molecule has 47 heavy (non-hydrogen) atoms. The number of carbonyl (C=O) groups excluding carboxylic acids is 2. The Morgan fingerprint density at radius 3 is 2.70 bits per heavy atom. The molecule has 3 heterocycles. The Bertz CT molecular complexity index is 1520. The van der Waals surface area contributed by atoms with Gasteiger partial charge in [-0.25, -0.2) is 0 Å². The van der Waals surface area contributed by atoms with E-state index in [2.05, 4.69) is 65.5 Å². The van der Waals surface area contributed by atoms with E-state index in [1.165, 1.54) is 17.3 Å². The largest absolute Gasteiger partial charge is 0.371 e. The van der Waals surface area contributed by atoms with Gasteiger partial charge in [0.15, 0.2) is 0 Å². The Balaban J connectivity index is 1.20. The minimum atomic E-state index is -0.517. The van der Waals surface area contributed by atoms with Crippen molar-refractivity contribution < 1.29 is 14.3 Å². The molecule has 246 valence electrons. The molecule has 0 radical (unpaired) electrons. The van der Waals surface area contributed by atoms with E-state index in [0.29, 0.717) is 19.6 Å². The molecule has 3 aliphatic carbocycles. The van der Waals surface area contributed by atoms with E-state index in [-0.39, 0.29) is 40.5 Å². The molecule has 6 rings (SSSR count). The van der Waals surface area contributed by atoms with Gasteiger partial charge in [0.2, 0.25) is 11.8 Å². The van der Waals surface area contributed by atoms with Crippen LogP contribution in [0.5, 0.6) is 0 Å². The number of amides is 2. The molecule has 1 aromatic heterocycles. The average molecular weight is 687 g/mol. The molecule has 7 nitrogen and oxygen atoms in total. The number of hydrogen-bond acceptors (Lipinski definition) is 8. The van der Waals surface area contributed by atoms with Gasteiger partial charge >= 0.3 is 0 Å². The number of thioether (sulfide) groups is 3. The summed E-state index contributed by atoms with van der Waals surface area (Å²) in [6.45, 7) is 4.91.